The summed E-state index contributed by atoms with van der Waals surface area (Å²) in [6.07, 6.45) is 2.30. The fraction of sp³-hybridized carbons (Fsp3) is 0.250. The molecule has 0 saturated heterocycles. The molecule has 0 radical (unpaired) electrons. The number of benzene rings is 2. The van der Waals surface area contributed by atoms with Crippen LogP contribution in [0.5, 0.6) is 0 Å². The highest BCUT2D eigenvalue weighted by Crippen LogP contribution is 2.25. The van der Waals surface area contributed by atoms with E-state index in [-0.39, 0.29) is 16.7 Å². The van der Waals surface area contributed by atoms with Crippen molar-refractivity contribution in [2.24, 2.45) is 10.3 Å². The summed E-state index contributed by atoms with van der Waals surface area (Å²) in [6.45, 7) is 5.92. The number of allylic oxidation sites excluding steroid dienone is 1. The van der Waals surface area contributed by atoms with Crippen molar-refractivity contribution in [1.29, 1.82) is 0 Å². The molecule has 0 spiro atoms. The molecule has 130 valence electrons. The molecule has 0 fully saturated rings. The van der Waals surface area contributed by atoms with Crippen LogP contribution in [0.2, 0.25) is 0 Å². The van der Waals surface area contributed by atoms with Crippen LogP contribution in [0.3, 0.4) is 0 Å². The first-order chi connectivity index (χ1) is 11.8. The Bertz CT molecular complexity index is 939. The topological polar surface area (TPSA) is 55.7 Å². The van der Waals surface area contributed by atoms with Gasteiger partial charge in [0.15, 0.2) is 0 Å². The molecular formula is C20H21NO3S. The molecule has 5 heteroatoms. The Morgan fingerprint density at radius 1 is 1.04 bits per heavy atom. The molecule has 1 aliphatic rings. The number of hydrogen-bond acceptors (Lipinski definition) is 3. The average molecular weight is 355 g/mol. The molecule has 0 aliphatic carbocycles. The van der Waals surface area contributed by atoms with E-state index in [9.17, 15) is 8.42 Å². The molecule has 0 unspecified atom stereocenters. The van der Waals surface area contributed by atoms with E-state index in [2.05, 4.69) is 4.40 Å². The molecule has 1 aliphatic heterocycles. The van der Waals surface area contributed by atoms with Gasteiger partial charge in [0.25, 0.3) is 10.0 Å². The zero-order valence-corrected chi connectivity index (χ0v) is 15.4. The highest BCUT2D eigenvalue weighted by Gasteiger charge is 2.21. The molecule has 1 heterocycles. The Morgan fingerprint density at radius 2 is 1.72 bits per heavy atom. The number of rotatable bonds is 3. The molecule has 0 bridgehead atoms. The number of hydrogen-bond donors (Lipinski definition) is 0. The minimum Gasteiger partial charge on any atom is -0.446 e. The monoisotopic (exact) mass is 355 g/mol. The molecule has 3 rings (SSSR count). The van der Waals surface area contributed by atoms with Gasteiger partial charge < -0.3 is 4.74 Å². The number of sulfonamides is 1. The van der Waals surface area contributed by atoms with E-state index in [1.807, 2.05) is 51.1 Å². The van der Waals surface area contributed by atoms with Gasteiger partial charge in [-0.05, 0) is 36.3 Å². The van der Waals surface area contributed by atoms with Gasteiger partial charge >= 0.3 is 0 Å². The highest BCUT2D eigenvalue weighted by molar-refractivity contribution is 7.90. The summed E-state index contributed by atoms with van der Waals surface area (Å²) in [5.74, 6) is 1.03. The lowest BCUT2D eigenvalue weighted by Gasteiger charge is -2.12. The third-order valence-electron chi connectivity index (χ3n) is 4.04. The quantitative estimate of drug-likeness (QED) is 0.822. The number of ether oxygens (including phenoxy) is 1. The van der Waals surface area contributed by atoms with Crippen molar-refractivity contribution < 1.29 is 13.2 Å². The smallest absolute Gasteiger partial charge is 0.285 e. The Labute approximate surface area is 148 Å². The fourth-order valence-electron chi connectivity index (χ4n) is 2.59. The minimum absolute atomic E-state index is 0.124. The summed E-state index contributed by atoms with van der Waals surface area (Å²) in [5, 5.41) is 0. The minimum atomic E-state index is -3.81. The highest BCUT2D eigenvalue weighted by atomic mass is 32.2. The van der Waals surface area contributed by atoms with Crippen molar-refractivity contribution in [1.82, 2.24) is 0 Å². The van der Waals surface area contributed by atoms with Gasteiger partial charge in [-0.1, -0.05) is 55.8 Å². The first-order valence-electron chi connectivity index (χ1n) is 8.23. The standard InChI is InChI=1S/C20H21NO3S/c1-14(2)19-12-16-6-4-5-7-17(16)13-20(24-19)21-25(22,23)18-10-8-15(3)9-11-18/h4-12,14H,13H2,1-3H3/b21-20-. The van der Waals surface area contributed by atoms with Gasteiger partial charge in [0, 0.05) is 5.92 Å². The van der Waals surface area contributed by atoms with E-state index in [4.69, 9.17) is 4.74 Å². The second-order valence-corrected chi connectivity index (χ2v) is 8.06. The van der Waals surface area contributed by atoms with Crippen molar-refractivity contribution in [3.63, 3.8) is 0 Å². The maximum atomic E-state index is 12.6. The molecule has 0 saturated carbocycles. The summed E-state index contributed by atoms with van der Waals surface area (Å²) in [5.41, 5.74) is 3.02. The molecule has 2 aromatic carbocycles. The molecular weight excluding hydrogens is 334 g/mol. The van der Waals surface area contributed by atoms with Crippen LogP contribution in [0, 0.1) is 12.8 Å². The van der Waals surface area contributed by atoms with Crippen LogP contribution in [-0.2, 0) is 21.2 Å². The van der Waals surface area contributed by atoms with E-state index in [0.29, 0.717) is 12.2 Å². The van der Waals surface area contributed by atoms with Crippen LogP contribution in [0.15, 0.2) is 63.6 Å². The Balaban J connectivity index is 2.03. The summed E-state index contributed by atoms with van der Waals surface area (Å²) in [6, 6.07) is 14.5. The van der Waals surface area contributed by atoms with Gasteiger partial charge in [-0.15, -0.1) is 4.40 Å². The van der Waals surface area contributed by atoms with Crippen LogP contribution in [0.25, 0.3) is 6.08 Å². The molecule has 0 atom stereocenters. The normalized spacial score (nSPS) is 16.2. The molecule has 25 heavy (non-hydrogen) atoms. The van der Waals surface area contributed by atoms with Crippen LogP contribution in [0.1, 0.15) is 30.5 Å². The van der Waals surface area contributed by atoms with Gasteiger partial charge in [-0.2, -0.15) is 8.42 Å². The average Bonchev–Trinajstić information content (AvgIpc) is 2.73. The molecule has 2 aromatic rings. The number of aryl methyl sites for hydroxylation is 1. The largest absolute Gasteiger partial charge is 0.446 e. The van der Waals surface area contributed by atoms with Gasteiger partial charge in [-0.25, -0.2) is 0 Å². The Kier molecular flexibility index (Phi) is 4.77. The number of nitrogens with zero attached hydrogens (tertiary/aromatic N) is 1. The van der Waals surface area contributed by atoms with Crippen molar-refractivity contribution in [3.8, 4) is 0 Å². The fourth-order valence-corrected chi connectivity index (χ4v) is 3.54. The first-order valence-corrected chi connectivity index (χ1v) is 9.67. The predicted octanol–water partition coefficient (Wildman–Crippen LogP) is 4.35. The van der Waals surface area contributed by atoms with E-state index < -0.39 is 10.0 Å². The lowest BCUT2D eigenvalue weighted by atomic mass is 10.0. The second-order valence-electron chi connectivity index (χ2n) is 6.45. The van der Waals surface area contributed by atoms with E-state index in [1.165, 1.54) is 0 Å². The lowest BCUT2D eigenvalue weighted by Crippen LogP contribution is -2.12. The van der Waals surface area contributed by atoms with Crippen LogP contribution in [-0.4, -0.2) is 14.3 Å². The molecule has 0 N–H and O–H groups in total. The van der Waals surface area contributed by atoms with E-state index >= 15 is 0 Å². The van der Waals surface area contributed by atoms with Crippen LogP contribution in [0.4, 0.5) is 0 Å². The van der Waals surface area contributed by atoms with Crippen molar-refractivity contribution >= 4 is 22.0 Å². The third kappa shape index (κ3) is 3.99. The van der Waals surface area contributed by atoms with Crippen molar-refractivity contribution in [2.45, 2.75) is 32.1 Å². The maximum absolute atomic E-state index is 12.6. The van der Waals surface area contributed by atoms with Gasteiger partial charge in [0.2, 0.25) is 5.90 Å². The zero-order chi connectivity index (χ0) is 18.0. The summed E-state index contributed by atoms with van der Waals surface area (Å²) < 4.78 is 35.1. The third-order valence-corrected chi connectivity index (χ3v) is 5.35. The zero-order valence-electron chi connectivity index (χ0n) is 14.6. The summed E-state index contributed by atoms with van der Waals surface area (Å²) in [7, 11) is -3.81. The molecule has 0 amide bonds. The molecule has 0 aromatic heterocycles. The van der Waals surface area contributed by atoms with Crippen molar-refractivity contribution in [3.05, 3.63) is 71.0 Å². The maximum Gasteiger partial charge on any atom is 0.285 e. The Hall–Kier alpha value is -2.40. The van der Waals surface area contributed by atoms with Gasteiger partial charge in [0.1, 0.15) is 5.76 Å². The SMILES string of the molecule is Cc1ccc(S(=O)(=O)/N=C2/Cc3ccccc3C=C(C(C)C)O2)cc1. The van der Waals surface area contributed by atoms with E-state index in [0.717, 1.165) is 16.7 Å². The number of fused-ring (bicyclic) bond motifs is 1. The molecule has 4 nitrogen and oxygen atoms in total. The van der Waals surface area contributed by atoms with Crippen LogP contribution < -0.4 is 0 Å². The van der Waals surface area contributed by atoms with Gasteiger partial charge in [0.05, 0.1) is 11.3 Å². The van der Waals surface area contributed by atoms with Crippen LogP contribution >= 0.6 is 0 Å². The Morgan fingerprint density at radius 3 is 2.40 bits per heavy atom. The van der Waals surface area contributed by atoms with Crippen molar-refractivity contribution in [2.75, 3.05) is 0 Å². The first kappa shape index (κ1) is 17.4. The van der Waals surface area contributed by atoms with Gasteiger partial charge in [-0.3, -0.25) is 0 Å². The lowest BCUT2D eigenvalue weighted by molar-refractivity contribution is 0.359. The summed E-state index contributed by atoms with van der Waals surface area (Å²) in [4.78, 5) is 0.168. The second kappa shape index (κ2) is 6.84. The predicted molar refractivity (Wildman–Crippen MR) is 99.8 cm³/mol. The van der Waals surface area contributed by atoms with E-state index in [1.54, 1.807) is 24.3 Å². The summed E-state index contributed by atoms with van der Waals surface area (Å²) >= 11 is 0.